The molecule has 116 valence electrons. The predicted molar refractivity (Wildman–Crippen MR) is 82.6 cm³/mol. The third kappa shape index (κ3) is 2.69. The van der Waals surface area contributed by atoms with E-state index in [9.17, 15) is 5.11 Å². The Bertz CT molecular complexity index is 499. The number of aliphatic hydroxyl groups excluding tert-OH is 1. The number of ether oxygens (including phenoxy) is 2. The Hall–Kier alpha value is -1.06. The molecule has 1 aromatic carbocycles. The molecule has 3 unspecified atom stereocenters. The second kappa shape index (κ2) is 5.98. The Labute approximate surface area is 127 Å². The zero-order valence-electron chi connectivity index (χ0n) is 13.1. The van der Waals surface area contributed by atoms with Crippen LogP contribution in [0.4, 0.5) is 0 Å². The SMILES string of the molecule is COC1(C(O)c2cccc3c2OCCC3)CCCC(C)C1. The topological polar surface area (TPSA) is 38.7 Å². The maximum atomic E-state index is 11.1. The van der Waals surface area contributed by atoms with E-state index in [0.717, 1.165) is 50.0 Å². The van der Waals surface area contributed by atoms with Crippen molar-refractivity contribution in [3.8, 4) is 5.75 Å². The molecule has 0 amide bonds. The van der Waals surface area contributed by atoms with E-state index in [0.29, 0.717) is 5.92 Å². The third-order valence-corrected chi connectivity index (χ3v) is 5.15. The van der Waals surface area contributed by atoms with Gasteiger partial charge in [0.15, 0.2) is 0 Å². The smallest absolute Gasteiger partial charge is 0.128 e. The average Bonchev–Trinajstić information content (AvgIpc) is 2.53. The summed E-state index contributed by atoms with van der Waals surface area (Å²) in [5, 5.41) is 11.1. The molecule has 0 spiro atoms. The van der Waals surface area contributed by atoms with Gasteiger partial charge in [-0.2, -0.15) is 0 Å². The highest BCUT2D eigenvalue weighted by atomic mass is 16.5. The van der Waals surface area contributed by atoms with Crippen molar-refractivity contribution in [2.24, 2.45) is 5.92 Å². The summed E-state index contributed by atoms with van der Waals surface area (Å²) in [6.07, 6.45) is 5.64. The zero-order chi connectivity index (χ0) is 14.9. The number of hydrogen-bond donors (Lipinski definition) is 1. The average molecular weight is 290 g/mol. The minimum atomic E-state index is -0.613. The number of fused-ring (bicyclic) bond motifs is 1. The Balaban J connectivity index is 1.95. The molecule has 0 radical (unpaired) electrons. The summed E-state index contributed by atoms with van der Waals surface area (Å²) in [5.41, 5.74) is 1.66. The number of methoxy groups -OCH3 is 1. The van der Waals surface area contributed by atoms with Crippen molar-refractivity contribution in [1.82, 2.24) is 0 Å². The largest absolute Gasteiger partial charge is 0.493 e. The predicted octanol–water partition coefficient (Wildman–Crippen LogP) is 3.64. The number of para-hydroxylation sites is 1. The van der Waals surface area contributed by atoms with E-state index in [1.165, 1.54) is 12.0 Å². The van der Waals surface area contributed by atoms with Crippen LogP contribution in [0.25, 0.3) is 0 Å². The van der Waals surface area contributed by atoms with Crippen LogP contribution in [-0.2, 0) is 11.2 Å². The second-order valence-corrected chi connectivity index (χ2v) is 6.66. The van der Waals surface area contributed by atoms with Gasteiger partial charge in [-0.15, -0.1) is 0 Å². The highest BCUT2D eigenvalue weighted by Gasteiger charge is 2.43. The molecule has 1 aromatic rings. The van der Waals surface area contributed by atoms with Crippen LogP contribution in [0.3, 0.4) is 0 Å². The number of aliphatic hydroxyl groups is 1. The lowest BCUT2D eigenvalue weighted by atomic mass is 9.73. The van der Waals surface area contributed by atoms with Gasteiger partial charge in [-0.25, -0.2) is 0 Å². The molecular weight excluding hydrogens is 264 g/mol. The second-order valence-electron chi connectivity index (χ2n) is 6.66. The minimum Gasteiger partial charge on any atom is -0.493 e. The summed E-state index contributed by atoms with van der Waals surface area (Å²) in [6, 6.07) is 6.13. The molecule has 3 heteroatoms. The molecule has 0 saturated heterocycles. The van der Waals surface area contributed by atoms with Gasteiger partial charge in [-0.1, -0.05) is 38.0 Å². The first kappa shape index (κ1) is 14.9. The first-order valence-corrected chi connectivity index (χ1v) is 8.14. The first-order chi connectivity index (χ1) is 10.2. The first-order valence-electron chi connectivity index (χ1n) is 8.14. The fourth-order valence-electron chi connectivity index (χ4n) is 4.00. The lowest BCUT2D eigenvalue weighted by molar-refractivity contribution is -0.134. The molecule has 3 rings (SSSR count). The van der Waals surface area contributed by atoms with Crippen LogP contribution in [0.15, 0.2) is 18.2 Å². The van der Waals surface area contributed by atoms with Gasteiger partial charge in [0.05, 0.1) is 12.2 Å². The molecule has 1 N–H and O–H groups in total. The number of hydrogen-bond acceptors (Lipinski definition) is 3. The van der Waals surface area contributed by atoms with E-state index >= 15 is 0 Å². The van der Waals surface area contributed by atoms with E-state index in [-0.39, 0.29) is 0 Å². The van der Waals surface area contributed by atoms with Gasteiger partial charge in [0.2, 0.25) is 0 Å². The Morgan fingerprint density at radius 2 is 2.24 bits per heavy atom. The van der Waals surface area contributed by atoms with Crippen LogP contribution >= 0.6 is 0 Å². The molecule has 1 fully saturated rings. The van der Waals surface area contributed by atoms with Crippen LogP contribution in [0.1, 0.15) is 56.3 Å². The minimum absolute atomic E-state index is 0.465. The fraction of sp³-hybridized carbons (Fsp3) is 0.667. The highest BCUT2D eigenvalue weighted by Crippen LogP contribution is 2.46. The quantitative estimate of drug-likeness (QED) is 0.923. The maximum absolute atomic E-state index is 11.1. The summed E-state index contributed by atoms with van der Waals surface area (Å²) in [6.45, 7) is 2.99. The van der Waals surface area contributed by atoms with Gasteiger partial charge in [-0.05, 0) is 37.2 Å². The van der Waals surface area contributed by atoms with Crippen molar-refractivity contribution in [2.45, 2.75) is 57.2 Å². The van der Waals surface area contributed by atoms with Crippen LogP contribution in [0, 0.1) is 5.92 Å². The molecule has 1 aliphatic carbocycles. The van der Waals surface area contributed by atoms with Crippen LogP contribution in [0.5, 0.6) is 5.75 Å². The Morgan fingerprint density at radius 1 is 1.38 bits per heavy atom. The molecule has 1 heterocycles. The van der Waals surface area contributed by atoms with Crippen LogP contribution in [0.2, 0.25) is 0 Å². The van der Waals surface area contributed by atoms with E-state index in [2.05, 4.69) is 13.0 Å². The van der Waals surface area contributed by atoms with Crippen molar-refractivity contribution in [1.29, 1.82) is 0 Å². The zero-order valence-corrected chi connectivity index (χ0v) is 13.1. The van der Waals surface area contributed by atoms with Crippen molar-refractivity contribution in [3.63, 3.8) is 0 Å². The summed E-state index contributed by atoms with van der Waals surface area (Å²) >= 11 is 0. The van der Waals surface area contributed by atoms with Gasteiger partial charge in [0, 0.05) is 12.7 Å². The maximum Gasteiger partial charge on any atom is 0.128 e. The van der Waals surface area contributed by atoms with E-state index in [1.54, 1.807) is 7.11 Å². The van der Waals surface area contributed by atoms with Gasteiger partial charge in [0.1, 0.15) is 11.9 Å². The lowest BCUT2D eigenvalue weighted by Crippen LogP contribution is -2.43. The Morgan fingerprint density at radius 3 is 3.00 bits per heavy atom. The third-order valence-electron chi connectivity index (χ3n) is 5.15. The molecule has 0 bridgehead atoms. The normalized spacial score (nSPS) is 30.3. The number of rotatable bonds is 3. The van der Waals surface area contributed by atoms with Gasteiger partial charge < -0.3 is 14.6 Å². The Kier molecular flexibility index (Phi) is 4.23. The van der Waals surface area contributed by atoms with E-state index in [1.807, 2.05) is 12.1 Å². The summed E-state index contributed by atoms with van der Waals surface area (Å²) < 4.78 is 11.7. The summed E-state index contributed by atoms with van der Waals surface area (Å²) in [7, 11) is 1.73. The van der Waals surface area contributed by atoms with Crippen molar-refractivity contribution in [2.75, 3.05) is 13.7 Å². The van der Waals surface area contributed by atoms with Crippen molar-refractivity contribution < 1.29 is 14.6 Å². The number of aryl methyl sites for hydroxylation is 1. The van der Waals surface area contributed by atoms with Crippen molar-refractivity contribution in [3.05, 3.63) is 29.3 Å². The molecule has 1 aliphatic heterocycles. The lowest BCUT2D eigenvalue weighted by Gasteiger charge is -2.43. The fourth-order valence-corrected chi connectivity index (χ4v) is 4.00. The molecule has 3 nitrogen and oxygen atoms in total. The van der Waals surface area contributed by atoms with Gasteiger partial charge in [0.25, 0.3) is 0 Å². The summed E-state index contributed by atoms with van der Waals surface area (Å²) in [4.78, 5) is 0. The summed E-state index contributed by atoms with van der Waals surface area (Å²) in [5.74, 6) is 1.49. The van der Waals surface area contributed by atoms with Gasteiger partial charge >= 0.3 is 0 Å². The highest BCUT2D eigenvalue weighted by molar-refractivity contribution is 5.45. The van der Waals surface area contributed by atoms with Crippen LogP contribution < -0.4 is 4.74 Å². The van der Waals surface area contributed by atoms with Crippen LogP contribution in [-0.4, -0.2) is 24.4 Å². The molecule has 21 heavy (non-hydrogen) atoms. The standard InChI is InChI=1S/C18H26O3/c1-13-6-4-10-18(12-13,20-2)17(19)15-9-3-7-14-8-5-11-21-16(14)15/h3,7,9,13,17,19H,4-6,8,10-12H2,1-2H3. The van der Waals surface area contributed by atoms with Crippen molar-refractivity contribution >= 4 is 0 Å². The molecule has 0 aromatic heterocycles. The number of benzene rings is 1. The molecule has 1 saturated carbocycles. The van der Waals surface area contributed by atoms with E-state index in [4.69, 9.17) is 9.47 Å². The van der Waals surface area contributed by atoms with Gasteiger partial charge in [-0.3, -0.25) is 0 Å². The molecule has 2 aliphatic rings. The molecule has 3 atom stereocenters. The monoisotopic (exact) mass is 290 g/mol. The molecular formula is C18H26O3. The van der Waals surface area contributed by atoms with E-state index < -0.39 is 11.7 Å².